The van der Waals surface area contributed by atoms with Crippen molar-refractivity contribution < 1.29 is 38.0 Å². The van der Waals surface area contributed by atoms with E-state index in [-0.39, 0.29) is 18.5 Å². The SMILES string of the molecule is CCCCOC1OC(COC(=O)C(C)(C)C)C(OCCCC)C(OC(=O)C(C)(C)C)C1OCCCC. The van der Waals surface area contributed by atoms with Crippen LogP contribution in [0.3, 0.4) is 0 Å². The Morgan fingerprint density at radius 3 is 1.61 bits per heavy atom. The zero-order valence-corrected chi connectivity index (χ0v) is 24.2. The zero-order chi connectivity index (χ0) is 27.4. The number of hydrogen-bond donors (Lipinski definition) is 0. The number of carbonyl (C=O) groups excluding carboxylic acids is 2. The van der Waals surface area contributed by atoms with Gasteiger partial charge in [0.05, 0.1) is 10.8 Å². The molecule has 0 N–H and O–H groups in total. The lowest BCUT2D eigenvalue weighted by Crippen LogP contribution is -2.63. The minimum absolute atomic E-state index is 0.0359. The van der Waals surface area contributed by atoms with Crippen LogP contribution in [0.4, 0.5) is 0 Å². The van der Waals surface area contributed by atoms with E-state index in [0.717, 1.165) is 38.5 Å². The van der Waals surface area contributed by atoms with Crippen molar-refractivity contribution in [2.75, 3.05) is 26.4 Å². The molecule has 0 radical (unpaired) electrons. The van der Waals surface area contributed by atoms with E-state index in [2.05, 4.69) is 20.8 Å². The van der Waals surface area contributed by atoms with Crippen LogP contribution >= 0.6 is 0 Å². The normalized spacial score (nSPS) is 25.0. The standard InChI is InChI=1S/C28H52O8/c1-10-13-16-31-21-20(19-34-25(29)27(4,5)6)35-24(33-18-15-12-3)23(32-17-14-11-2)22(21)36-26(30)28(7,8)9/h20-24H,10-19H2,1-9H3. The lowest BCUT2D eigenvalue weighted by molar-refractivity contribution is -0.319. The van der Waals surface area contributed by atoms with Crippen LogP contribution in [0.2, 0.25) is 0 Å². The van der Waals surface area contributed by atoms with E-state index < -0.39 is 41.5 Å². The molecule has 1 saturated heterocycles. The van der Waals surface area contributed by atoms with Crippen molar-refractivity contribution in [2.45, 2.75) is 132 Å². The summed E-state index contributed by atoms with van der Waals surface area (Å²) in [5.74, 6) is -0.702. The van der Waals surface area contributed by atoms with Gasteiger partial charge >= 0.3 is 11.9 Å². The predicted molar refractivity (Wildman–Crippen MR) is 139 cm³/mol. The molecular weight excluding hydrogens is 464 g/mol. The van der Waals surface area contributed by atoms with E-state index in [4.69, 9.17) is 28.4 Å². The molecule has 8 nitrogen and oxygen atoms in total. The van der Waals surface area contributed by atoms with Gasteiger partial charge in [-0.2, -0.15) is 0 Å². The maximum absolute atomic E-state index is 13.1. The summed E-state index contributed by atoms with van der Waals surface area (Å²) in [4.78, 5) is 25.6. The molecule has 36 heavy (non-hydrogen) atoms. The fraction of sp³-hybridized carbons (Fsp3) is 0.929. The van der Waals surface area contributed by atoms with Gasteiger partial charge in [-0.3, -0.25) is 9.59 Å². The van der Waals surface area contributed by atoms with Crippen molar-refractivity contribution >= 4 is 11.9 Å². The molecule has 5 atom stereocenters. The number of esters is 2. The second-order valence-corrected chi connectivity index (χ2v) is 11.6. The first kappa shape index (κ1) is 32.8. The summed E-state index contributed by atoms with van der Waals surface area (Å²) in [7, 11) is 0. The highest BCUT2D eigenvalue weighted by Crippen LogP contribution is 2.32. The fourth-order valence-corrected chi connectivity index (χ4v) is 3.40. The van der Waals surface area contributed by atoms with Crippen molar-refractivity contribution in [3.63, 3.8) is 0 Å². The van der Waals surface area contributed by atoms with Gasteiger partial charge in [0.25, 0.3) is 0 Å². The van der Waals surface area contributed by atoms with Gasteiger partial charge in [-0.25, -0.2) is 0 Å². The predicted octanol–water partition coefficient (Wildman–Crippen LogP) is 5.45. The average molecular weight is 517 g/mol. The minimum atomic E-state index is -0.782. The van der Waals surface area contributed by atoms with Gasteiger partial charge in [0.1, 0.15) is 24.9 Å². The molecule has 8 heteroatoms. The Hall–Kier alpha value is -1.22. The van der Waals surface area contributed by atoms with Gasteiger partial charge in [-0.05, 0) is 60.8 Å². The van der Waals surface area contributed by atoms with E-state index in [9.17, 15) is 9.59 Å². The van der Waals surface area contributed by atoms with Crippen LogP contribution in [0.25, 0.3) is 0 Å². The van der Waals surface area contributed by atoms with E-state index in [1.165, 1.54) is 0 Å². The lowest BCUT2D eigenvalue weighted by atomic mass is 9.94. The van der Waals surface area contributed by atoms with Gasteiger partial charge in [-0.1, -0.05) is 40.0 Å². The fourth-order valence-electron chi connectivity index (χ4n) is 3.40. The molecule has 1 aliphatic heterocycles. The summed E-state index contributed by atoms with van der Waals surface area (Å²) in [5, 5.41) is 0. The Morgan fingerprint density at radius 2 is 1.14 bits per heavy atom. The molecule has 5 unspecified atom stereocenters. The van der Waals surface area contributed by atoms with Crippen molar-refractivity contribution in [1.29, 1.82) is 0 Å². The summed E-state index contributed by atoms with van der Waals surface area (Å²) < 4.78 is 36.7. The molecule has 0 amide bonds. The maximum Gasteiger partial charge on any atom is 0.311 e. The second-order valence-electron chi connectivity index (χ2n) is 11.6. The molecular formula is C28H52O8. The van der Waals surface area contributed by atoms with E-state index >= 15 is 0 Å². The highest BCUT2D eigenvalue weighted by atomic mass is 16.7. The van der Waals surface area contributed by atoms with Gasteiger partial charge in [0, 0.05) is 19.8 Å². The Morgan fingerprint density at radius 1 is 0.667 bits per heavy atom. The third-order valence-corrected chi connectivity index (χ3v) is 5.83. The molecule has 0 aromatic heterocycles. The van der Waals surface area contributed by atoms with E-state index in [1.807, 2.05) is 20.8 Å². The number of ether oxygens (including phenoxy) is 6. The van der Waals surface area contributed by atoms with Crippen LogP contribution in [-0.2, 0) is 38.0 Å². The Labute approximate surface area is 219 Å². The van der Waals surface area contributed by atoms with Gasteiger partial charge in [0.2, 0.25) is 0 Å². The molecule has 0 bridgehead atoms. The molecule has 0 aromatic carbocycles. The Kier molecular flexibility index (Phi) is 14.5. The van der Waals surface area contributed by atoms with Crippen LogP contribution in [-0.4, -0.2) is 69.1 Å². The quantitative estimate of drug-likeness (QED) is 0.210. The van der Waals surface area contributed by atoms with Crippen molar-refractivity contribution in [2.24, 2.45) is 10.8 Å². The summed E-state index contributed by atoms with van der Waals surface area (Å²) >= 11 is 0. The highest BCUT2D eigenvalue weighted by Gasteiger charge is 2.51. The van der Waals surface area contributed by atoms with Crippen molar-refractivity contribution in [3.05, 3.63) is 0 Å². The first-order valence-corrected chi connectivity index (χ1v) is 13.7. The highest BCUT2D eigenvalue weighted by molar-refractivity contribution is 5.76. The maximum atomic E-state index is 13.1. The largest absolute Gasteiger partial charge is 0.462 e. The molecule has 0 spiro atoms. The molecule has 1 heterocycles. The summed E-state index contributed by atoms with van der Waals surface area (Å²) in [6, 6.07) is 0. The van der Waals surface area contributed by atoms with Gasteiger partial charge in [0.15, 0.2) is 12.4 Å². The van der Waals surface area contributed by atoms with Gasteiger partial charge in [-0.15, -0.1) is 0 Å². The molecule has 0 aliphatic carbocycles. The molecule has 212 valence electrons. The number of rotatable bonds is 15. The Balaban J connectivity index is 3.33. The summed E-state index contributed by atoms with van der Waals surface area (Å²) in [5.41, 5.74) is -1.37. The average Bonchev–Trinajstić information content (AvgIpc) is 2.79. The smallest absolute Gasteiger partial charge is 0.311 e. The number of unbranched alkanes of at least 4 members (excludes halogenated alkanes) is 3. The second kappa shape index (κ2) is 15.9. The first-order chi connectivity index (χ1) is 16.9. The third-order valence-electron chi connectivity index (χ3n) is 5.83. The van der Waals surface area contributed by atoms with Crippen molar-refractivity contribution in [3.8, 4) is 0 Å². The number of carbonyl (C=O) groups is 2. The Bertz CT molecular complexity index is 636. The monoisotopic (exact) mass is 516 g/mol. The molecule has 0 aromatic rings. The zero-order valence-electron chi connectivity index (χ0n) is 24.2. The summed E-state index contributed by atoms with van der Waals surface area (Å²) in [6.45, 7) is 18.5. The van der Waals surface area contributed by atoms with Crippen LogP contribution in [0, 0.1) is 10.8 Å². The van der Waals surface area contributed by atoms with Crippen LogP contribution in [0.15, 0.2) is 0 Å². The topological polar surface area (TPSA) is 89.5 Å². The van der Waals surface area contributed by atoms with E-state index in [0.29, 0.717) is 19.8 Å². The first-order valence-electron chi connectivity index (χ1n) is 13.7. The minimum Gasteiger partial charge on any atom is -0.462 e. The van der Waals surface area contributed by atoms with E-state index in [1.54, 1.807) is 20.8 Å². The van der Waals surface area contributed by atoms with Crippen LogP contribution in [0.5, 0.6) is 0 Å². The lowest BCUT2D eigenvalue weighted by Gasteiger charge is -2.45. The molecule has 1 rings (SSSR count). The molecule has 0 saturated carbocycles. The third kappa shape index (κ3) is 11.0. The van der Waals surface area contributed by atoms with Crippen LogP contribution < -0.4 is 0 Å². The molecule has 1 fully saturated rings. The van der Waals surface area contributed by atoms with Crippen molar-refractivity contribution in [1.82, 2.24) is 0 Å². The van der Waals surface area contributed by atoms with Gasteiger partial charge < -0.3 is 28.4 Å². The molecule has 1 aliphatic rings. The number of hydrogen-bond acceptors (Lipinski definition) is 8. The summed E-state index contributed by atoms with van der Waals surface area (Å²) in [6.07, 6.45) is 1.85. The van der Waals surface area contributed by atoms with Crippen LogP contribution in [0.1, 0.15) is 101 Å².